The molecular weight excluding hydrogens is 687 g/mol. The van der Waals surface area contributed by atoms with E-state index in [0.29, 0.717) is 0 Å². The summed E-state index contributed by atoms with van der Waals surface area (Å²) < 4.78 is 0. The van der Waals surface area contributed by atoms with Crippen molar-refractivity contribution in [1.29, 1.82) is 0 Å². The van der Waals surface area contributed by atoms with Crippen molar-refractivity contribution < 1.29 is 0 Å². The van der Waals surface area contributed by atoms with E-state index in [9.17, 15) is 0 Å². The lowest BCUT2D eigenvalue weighted by molar-refractivity contribution is 0.792. The highest BCUT2D eigenvalue weighted by atomic mass is 15.1. The van der Waals surface area contributed by atoms with Gasteiger partial charge < -0.3 is 4.90 Å². The van der Waals surface area contributed by atoms with E-state index in [1.54, 1.807) is 0 Å². The summed E-state index contributed by atoms with van der Waals surface area (Å²) in [6.07, 6.45) is 0. The molecule has 262 valence electrons. The Labute approximate surface area is 332 Å². The molecular formula is C56H33N. The number of benzene rings is 8. The smallest absolute Gasteiger partial charge is 0.0733 e. The lowest BCUT2D eigenvalue weighted by Crippen LogP contribution is -2.26. The third kappa shape index (κ3) is 3.71. The van der Waals surface area contributed by atoms with Crippen LogP contribution in [0.4, 0.5) is 17.1 Å². The van der Waals surface area contributed by atoms with Gasteiger partial charge in [-0.2, -0.15) is 0 Å². The van der Waals surface area contributed by atoms with Gasteiger partial charge >= 0.3 is 0 Å². The molecule has 0 amide bonds. The molecule has 0 heterocycles. The predicted octanol–water partition coefficient (Wildman–Crippen LogP) is 13.4. The third-order valence-electron chi connectivity index (χ3n) is 13.3. The Morgan fingerprint density at radius 3 is 1.18 bits per heavy atom. The average Bonchev–Trinajstić information content (AvgIpc) is 3.96. The Kier molecular flexibility index (Phi) is 6.01. The molecule has 0 N–H and O–H groups in total. The molecule has 0 aromatic heterocycles. The molecule has 0 atom stereocenters. The van der Waals surface area contributed by atoms with E-state index in [0.717, 1.165) is 22.6 Å². The maximum absolute atomic E-state index is 3.57. The lowest BCUT2D eigenvalue weighted by Gasteiger charge is -2.33. The molecule has 9 aromatic rings. The Bertz CT molecular complexity index is 2830. The van der Waals surface area contributed by atoms with Gasteiger partial charge in [0.25, 0.3) is 0 Å². The van der Waals surface area contributed by atoms with Gasteiger partial charge in [-0.3, -0.25) is 0 Å². The van der Waals surface area contributed by atoms with E-state index >= 15 is 0 Å². The summed E-state index contributed by atoms with van der Waals surface area (Å²) in [4.78, 5) is 2.46. The van der Waals surface area contributed by atoms with Gasteiger partial charge in [0.2, 0.25) is 0 Å². The summed E-state index contributed by atoms with van der Waals surface area (Å²) in [7, 11) is 0. The van der Waals surface area contributed by atoms with Crippen molar-refractivity contribution in [3.8, 4) is 44.5 Å². The van der Waals surface area contributed by atoms with Crippen LogP contribution in [0.25, 0.3) is 44.5 Å². The molecule has 0 fully saturated rings. The van der Waals surface area contributed by atoms with Gasteiger partial charge in [0.15, 0.2) is 0 Å². The van der Waals surface area contributed by atoms with Gasteiger partial charge in [0, 0.05) is 22.6 Å². The van der Waals surface area contributed by atoms with Crippen molar-refractivity contribution in [1.82, 2.24) is 0 Å². The van der Waals surface area contributed by atoms with Crippen LogP contribution in [0.15, 0.2) is 200 Å². The zero-order chi connectivity index (χ0) is 37.3. The first kappa shape index (κ1) is 30.9. The Hall–Kier alpha value is -7.40. The fourth-order valence-electron chi connectivity index (χ4n) is 11.3. The molecule has 0 radical (unpaired) electrons. The van der Waals surface area contributed by atoms with E-state index in [2.05, 4.69) is 211 Å². The number of para-hydroxylation sites is 1. The van der Waals surface area contributed by atoms with Crippen LogP contribution in [0.2, 0.25) is 0 Å². The number of nitrogens with zero attached hydrogens (tertiary/aromatic N) is 1. The number of hydrogen-bond donors (Lipinski definition) is 0. The summed E-state index contributed by atoms with van der Waals surface area (Å²) in [5, 5.41) is 0. The van der Waals surface area contributed by atoms with Gasteiger partial charge in [-0.15, -0.1) is 0 Å². The van der Waals surface area contributed by atoms with Crippen molar-refractivity contribution in [2.75, 3.05) is 4.90 Å². The van der Waals surface area contributed by atoms with E-state index in [1.807, 2.05) is 6.07 Å². The van der Waals surface area contributed by atoms with Crippen LogP contribution >= 0.6 is 0 Å². The highest BCUT2D eigenvalue weighted by Gasteiger charge is 2.53. The van der Waals surface area contributed by atoms with Crippen LogP contribution in [0, 0.1) is 12.1 Å². The molecule has 4 aliphatic rings. The monoisotopic (exact) mass is 719 g/mol. The van der Waals surface area contributed by atoms with Gasteiger partial charge in [0.05, 0.1) is 10.8 Å². The fourth-order valence-corrected chi connectivity index (χ4v) is 11.3. The fraction of sp³-hybridized carbons (Fsp3) is 0.0357. The van der Waals surface area contributed by atoms with Crippen LogP contribution in [-0.4, -0.2) is 0 Å². The highest BCUT2D eigenvalue weighted by molar-refractivity contribution is 5.98. The minimum Gasteiger partial charge on any atom is -0.310 e. The maximum Gasteiger partial charge on any atom is 0.0733 e. The van der Waals surface area contributed by atoms with E-state index < -0.39 is 10.8 Å². The largest absolute Gasteiger partial charge is 0.310 e. The average molecular weight is 720 g/mol. The lowest BCUT2D eigenvalue weighted by atomic mass is 9.70. The van der Waals surface area contributed by atoms with Gasteiger partial charge in [0.1, 0.15) is 0 Å². The SMILES string of the molecule is c1ccc2c(c#1)-c1ccc(N(c3ccccc3)c3ccc4c(c3)C3(c5ccccc5-c5ccccc53)c3ccccc3-4)cc1C21c2ccccc2-c2ccccc21. The predicted molar refractivity (Wildman–Crippen MR) is 231 cm³/mol. The first-order valence-corrected chi connectivity index (χ1v) is 19.9. The second kappa shape index (κ2) is 11.1. The van der Waals surface area contributed by atoms with Crippen LogP contribution in [0.3, 0.4) is 0 Å². The first-order valence-electron chi connectivity index (χ1n) is 19.9. The molecule has 0 aliphatic heterocycles. The summed E-state index contributed by atoms with van der Waals surface area (Å²) in [6.45, 7) is 0. The van der Waals surface area contributed by atoms with Gasteiger partial charge in [-0.1, -0.05) is 164 Å². The van der Waals surface area contributed by atoms with Crippen molar-refractivity contribution in [3.05, 3.63) is 257 Å². The molecule has 2 spiro atoms. The Morgan fingerprint density at radius 2 is 0.684 bits per heavy atom. The van der Waals surface area contributed by atoms with Crippen molar-refractivity contribution in [2.24, 2.45) is 0 Å². The summed E-state index contributed by atoms with van der Waals surface area (Å²) in [5.41, 5.74) is 23.2. The Morgan fingerprint density at radius 1 is 0.298 bits per heavy atom. The Balaban J connectivity index is 1.08. The van der Waals surface area contributed by atoms with Crippen LogP contribution in [0.5, 0.6) is 0 Å². The second-order valence-corrected chi connectivity index (χ2v) is 15.7. The summed E-state index contributed by atoms with van der Waals surface area (Å²) in [6, 6.07) is 81.5. The van der Waals surface area contributed by atoms with Crippen molar-refractivity contribution in [2.45, 2.75) is 10.8 Å². The topological polar surface area (TPSA) is 3.24 Å². The van der Waals surface area contributed by atoms with Crippen LogP contribution in [0.1, 0.15) is 44.5 Å². The van der Waals surface area contributed by atoms with Gasteiger partial charge in [-0.25, -0.2) is 0 Å². The third-order valence-corrected chi connectivity index (χ3v) is 13.3. The molecule has 0 bridgehead atoms. The zero-order valence-electron chi connectivity index (χ0n) is 31.0. The molecule has 9 aromatic carbocycles. The van der Waals surface area contributed by atoms with Crippen LogP contribution < -0.4 is 4.90 Å². The van der Waals surface area contributed by atoms with Gasteiger partial charge in [-0.05, 0) is 132 Å². The molecule has 0 saturated heterocycles. The quantitative estimate of drug-likeness (QED) is 0.176. The first-order chi connectivity index (χ1) is 28.3. The molecule has 1 nitrogen and oxygen atoms in total. The highest BCUT2D eigenvalue weighted by Crippen LogP contribution is 2.65. The second-order valence-electron chi connectivity index (χ2n) is 15.7. The number of fused-ring (bicyclic) bond motifs is 20. The van der Waals surface area contributed by atoms with E-state index in [1.165, 1.54) is 83.5 Å². The summed E-state index contributed by atoms with van der Waals surface area (Å²) >= 11 is 0. The number of rotatable bonds is 3. The summed E-state index contributed by atoms with van der Waals surface area (Å²) in [5.74, 6) is 0. The molecule has 0 saturated carbocycles. The minimum atomic E-state index is -0.470. The molecule has 57 heavy (non-hydrogen) atoms. The molecule has 13 rings (SSSR count). The van der Waals surface area contributed by atoms with Crippen molar-refractivity contribution >= 4 is 17.1 Å². The van der Waals surface area contributed by atoms with E-state index in [4.69, 9.17) is 0 Å². The van der Waals surface area contributed by atoms with E-state index in [-0.39, 0.29) is 0 Å². The zero-order valence-corrected chi connectivity index (χ0v) is 31.0. The van der Waals surface area contributed by atoms with Crippen LogP contribution in [-0.2, 0) is 10.8 Å². The minimum absolute atomic E-state index is 0.426. The molecule has 0 unspecified atom stereocenters. The normalized spacial score (nSPS) is 14.5. The molecule has 4 aliphatic carbocycles. The molecule has 1 heteroatoms. The standard InChI is InChI=1S/C56H33N/c1-2-16-36(17-3-1)57(37-30-32-45-43-22-8-14-28-51(43)55(53(45)34-37)47-24-10-4-18-39(47)40-19-5-11-25-48(40)55)38-31-33-46-44-23-9-15-29-52(44)56(54(46)35-38)49-26-12-6-20-41(49)42-21-7-13-27-50(42)56/h1-8,10-22,24-35H. The van der Waals surface area contributed by atoms with Crippen molar-refractivity contribution in [3.63, 3.8) is 0 Å². The number of anilines is 3. The maximum atomic E-state index is 3.57. The number of hydrogen-bond acceptors (Lipinski definition) is 1.